The van der Waals surface area contributed by atoms with Crippen LogP contribution < -0.4 is 30.3 Å². The van der Waals surface area contributed by atoms with E-state index in [4.69, 9.17) is 18.9 Å². The average molecular weight is 679 g/mol. The number of aliphatic hydroxyl groups is 1. The van der Waals surface area contributed by atoms with Crippen molar-refractivity contribution in [2.24, 2.45) is 5.10 Å². The summed E-state index contributed by atoms with van der Waals surface area (Å²) in [5.74, 6) is 0.651. The summed E-state index contributed by atoms with van der Waals surface area (Å²) in [7, 11) is 1.27. The number of nitriles is 1. The highest BCUT2D eigenvalue weighted by Crippen LogP contribution is 2.35. The number of allylic oxidation sites excluding steroid dienone is 1. The minimum atomic E-state index is -1.19. The van der Waals surface area contributed by atoms with Crippen LogP contribution in [0.2, 0.25) is 0 Å². The van der Waals surface area contributed by atoms with Crippen LogP contribution in [0.1, 0.15) is 42.1 Å². The highest BCUT2D eigenvalue weighted by molar-refractivity contribution is 9.10. The smallest absolute Gasteiger partial charge is 0.337 e. The number of carbonyl (C=O) groups is 2. The molecule has 0 spiro atoms. The fourth-order valence-corrected chi connectivity index (χ4v) is 4.86. The van der Waals surface area contributed by atoms with Gasteiger partial charge < -0.3 is 34.7 Å². The zero-order chi connectivity index (χ0) is 32.3. The summed E-state index contributed by atoms with van der Waals surface area (Å²) in [6.07, 6.45) is 0.316. The van der Waals surface area contributed by atoms with Crippen molar-refractivity contribution in [3.8, 4) is 23.3 Å². The van der Waals surface area contributed by atoms with Crippen molar-refractivity contribution in [1.29, 1.82) is 5.26 Å². The molecule has 0 fully saturated rings. The number of benzene rings is 3. The van der Waals surface area contributed by atoms with Gasteiger partial charge in [-0.3, -0.25) is 5.43 Å². The number of esters is 1. The van der Waals surface area contributed by atoms with Gasteiger partial charge in [0, 0.05) is 21.3 Å². The molecular formula is C32H32BrN5O7. The van der Waals surface area contributed by atoms with Crippen LogP contribution in [0.15, 0.2) is 81.5 Å². The molecule has 4 rings (SSSR count). The van der Waals surface area contributed by atoms with E-state index in [1.54, 1.807) is 50.2 Å². The summed E-state index contributed by atoms with van der Waals surface area (Å²) in [4.78, 5) is 24.6. The Balaban J connectivity index is 1.41. The predicted octanol–water partition coefficient (Wildman–Crippen LogP) is 4.42. The first-order valence-electron chi connectivity index (χ1n) is 13.9. The third-order valence-electron chi connectivity index (χ3n) is 6.59. The lowest BCUT2D eigenvalue weighted by Gasteiger charge is -2.28. The fraction of sp³-hybridized carbons (Fsp3) is 0.250. The number of hydrazone groups is 1. The number of nitrogens with one attached hydrogen (secondary N) is 3. The molecule has 1 heterocycles. The Morgan fingerprint density at radius 1 is 1.13 bits per heavy atom. The minimum Gasteiger partial charge on any atom is -0.490 e. The van der Waals surface area contributed by atoms with Gasteiger partial charge in [0.25, 0.3) is 0 Å². The molecule has 4 N–H and O–H groups in total. The summed E-state index contributed by atoms with van der Waals surface area (Å²) in [5, 5.41) is 29.3. The molecule has 12 nitrogen and oxygen atoms in total. The molecule has 13 heteroatoms. The summed E-state index contributed by atoms with van der Waals surface area (Å²) < 4.78 is 23.3. The molecule has 3 aromatic rings. The van der Waals surface area contributed by atoms with E-state index in [0.717, 1.165) is 10.0 Å². The lowest BCUT2D eigenvalue weighted by Crippen LogP contribution is -2.45. The Kier molecular flexibility index (Phi) is 11.4. The number of ether oxygens (including phenoxy) is 4. The molecule has 0 saturated heterocycles. The van der Waals surface area contributed by atoms with E-state index in [9.17, 15) is 20.0 Å². The topological polar surface area (TPSA) is 164 Å². The Labute approximate surface area is 268 Å². The second-order valence-electron chi connectivity index (χ2n) is 9.65. The van der Waals surface area contributed by atoms with Crippen LogP contribution in [0.5, 0.6) is 17.2 Å². The lowest BCUT2D eigenvalue weighted by atomic mass is 9.95. The minimum absolute atomic E-state index is 0.181. The number of halogens is 1. The van der Waals surface area contributed by atoms with E-state index < -0.39 is 24.3 Å². The number of carbonyl (C=O) groups excluding carboxylic acids is 2. The SMILES string of the molecule is CCOc1cc([C@@H]2NC(=O)NC(C)=C2C(=O)OC)ccc1OC[C@@H](O)N/N=C/c1cc(Br)ccc1OCc1ccccc1C#N. The van der Waals surface area contributed by atoms with Gasteiger partial charge in [-0.1, -0.05) is 40.2 Å². The first kappa shape index (κ1) is 32.8. The van der Waals surface area contributed by atoms with Crippen molar-refractivity contribution in [1.82, 2.24) is 16.1 Å². The molecule has 0 unspecified atom stereocenters. The quantitative estimate of drug-likeness (QED) is 0.0887. The first-order chi connectivity index (χ1) is 21.7. The standard InChI is InChI=1S/C32H32BrN5O7/c1-4-43-27-14-20(30-29(31(40)42-3)19(2)36-32(41)37-30)9-11-26(27)45-18-28(39)38-35-16-23-13-24(33)10-12-25(23)44-17-22-8-6-5-7-21(22)15-34/h5-14,16,28,30,38-39H,4,17-18H2,1-3H3,(H2,36,37,41)/b35-16+/t28-,30+/m1/s1. The van der Waals surface area contributed by atoms with Crippen LogP contribution in [-0.4, -0.2) is 49.9 Å². The number of aliphatic hydroxyl groups excluding tert-OH is 1. The number of rotatable bonds is 13. The maximum atomic E-state index is 12.5. The van der Waals surface area contributed by atoms with Gasteiger partial charge in [0.1, 0.15) is 19.0 Å². The Bertz CT molecular complexity index is 1650. The molecule has 0 saturated carbocycles. The number of amides is 2. The highest BCUT2D eigenvalue weighted by Gasteiger charge is 2.32. The van der Waals surface area contributed by atoms with Gasteiger partial charge >= 0.3 is 12.0 Å². The largest absolute Gasteiger partial charge is 0.490 e. The van der Waals surface area contributed by atoms with Crippen molar-refractivity contribution < 1.29 is 33.6 Å². The molecule has 0 bridgehead atoms. The molecular weight excluding hydrogens is 646 g/mol. The van der Waals surface area contributed by atoms with Crippen LogP contribution >= 0.6 is 15.9 Å². The Morgan fingerprint density at radius 2 is 1.91 bits per heavy atom. The molecule has 0 radical (unpaired) electrons. The van der Waals surface area contributed by atoms with Crippen molar-refractivity contribution in [3.63, 3.8) is 0 Å². The molecule has 2 amide bonds. The number of hydrogen-bond donors (Lipinski definition) is 4. The highest BCUT2D eigenvalue weighted by atomic mass is 79.9. The van der Waals surface area contributed by atoms with Gasteiger partial charge in [-0.25, -0.2) is 9.59 Å². The number of hydrogen-bond acceptors (Lipinski definition) is 10. The second kappa shape index (κ2) is 15.6. The number of urea groups is 1. The summed E-state index contributed by atoms with van der Waals surface area (Å²) in [6, 6.07) is 18.5. The molecule has 0 aliphatic carbocycles. The van der Waals surface area contributed by atoms with Gasteiger partial charge in [-0.15, -0.1) is 0 Å². The van der Waals surface area contributed by atoms with E-state index in [1.807, 2.05) is 24.3 Å². The van der Waals surface area contributed by atoms with Crippen LogP contribution in [-0.2, 0) is 16.1 Å². The third-order valence-corrected chi connectivity index (χ3v) is 7.09. The Morgan fingerprint density at radius 3 is 2.67 bits per heavy atom. The zero-order valence-corrected chi connectivity index (χ0v) is 26.4. The van der Waals surface area contributed by atoms with Crippen molar-refractivity contribution >= 4 is 34.1 Å². The molecule has 2 atom stereocenters. The normalized spacial score (nSPS) is 15.0. The van der Waals surface area contributed by atoms with Crippen LogP contribution in [0, 0.1) is 11.3 Å². The third kappa shape index (κ3) is 8.53. The molecule has 45 heavy (non-hydrogen) atoms. The number of methoxy groups -OCH3 is 1. The summed E-state index contributed by atoms with van der Waals surface area (Å²) in [6.45, 7) is 3.76. The number of nitrogens with zero attached hydrogens (tertiary/aromatic N) is 2. The van der Waals surface area contributed by atoms with Gasteiger partial charge in [-0.05, 0) is 55.8 Å². The van der Waals surface area contributed by atoms with E-state index >= 15 is 0 Å². The Hall–Kier alpha value is -5.06. The average Bonchev–Trinajstić information content (AvgIpc) is 3.03. The van der Waals surface area contributed by atoms with Crippen LogP contribution in [0.4, 0.5) is 4.79 Å². The van der Waals surface area contributed by atoms with Gasteiger partial charge in [0.05, 0.1) is 43.2 Å². The van der Waals surface area contributed by atoms with E-state index in [-0.39, 0.29) is 18.8 Å². The van der Waals surface area contributed by atoms with E-state index in [0.29, 0.717) is 46.2 Å². The van der Waals surface area contributed by atoms with Crippen molar-refractivity contribution in [2.75, 3.05) is 20.3 Å². The van der Waals surface area contributed by atoms with E-state index in [1.165, 1.54) is 13.3 Å². The van der Waals surface area contributed by atoms with E-state index in [2.05, 4.69) is 43.2 Å². The molecule has 234 valence electrons. The lowest BCUT2D eigenvalue weighted by molar-refractivity contribution is -0.136. The second-order valence-corrected chi connectivity index (χ2v) is 10.6. The molecule has 3 aromatic carbocycles. The summed E-state index contributed by atoms with van der Waals surface area (Å²) >= 11 is 3.45. The maximum absolute atomic E-state index is 12.5. The van der Waals surface area contributed by atoms with Gasteiger partial charge in [0.2, 0.25) is 0 Å². The van der Waals surface area contributed by atoms with Gasteiger partial charge in [-0.2, -0.15) is 10.4 Å². The monoisotopic (exact) mass is 677 g/mol. The van der Waals surface area contributed by atoms with Gasteiger partial charge in [0.15, 0.2) is 17.7 Å². The molecule has 1 aliphatic rings. The summed E-state index contributed by atoms with van der Waals surface area (Å²) in [5.41, 5.74) is 5.77. The van der Waals surface area contributed by atoms with Crippen LogP contribution in [0.25, 0.3) is 0 Å². The predicted molar refractivity (Wildman–Crippen MR) is 169 cm³/mol. The fourth-order valence-electron chi connectivity index (χ4n) is 4.48. The zero-order valence-electron chi connectivity index (χ0n) is 24.8. The van der Waals surface area contributed by atoms with Crippen molar-refractivity contribution in [3.05, 3.63) is 98.7 Å². The maximum Gasteiger partial charge on any atom is 0.337 e. The molecule has 0 aromatic heterocycles. The van der Waals surface area contributed by atoms with Crippen LogP contribution in [0.3, 0.4) is 0 Å². The first-order valence-corrected chi connectivity index (χ1v) is 14.7. The molecule has 1 aliphatic heterocycles. The van der Waals surface area contributed by atoms with Crippen molar-refractivity contribution in [2.45, 2.75) is 32.7 Å².